The number of hydrogen-bond donors (Lipinski definition) is 0. The molecule has 0 nitrogen and oxygen atoms in total. The average molecular weight is 277 g/mol. The standard InChI is InChI=1S/C20H36/c1-16-7-9-17(10-8-16)15-18-11-13-20(14-12-18)19-5-3-2-4-6-19/h16-20H,2-15H2,1H3. The summed E-state index contributed by atoms with van der Waals surface area (Å²) in [6.07, 6.45) is 21.7. The third-order valence-corrected chi connectivity index (χ3v) is 7.01. The lowest BCUT2D eigenvalue weighted by atomic mass is 9.68. The molecule has 0 bridgehead atoms. The normalized spacial score (nSPS) is 40.6. The van der Waals surface area contributed by atoms with E-state index >= 15 is 0 Å². The summed E-state index contributed by atoms with van der Waals surface area (Å²) < 4.78 is 0. The molecule has 116 valence electrons. The van der Waals surface area contributed by atoms with Gasteiger partial charge in [0.15, 0.2) is 0 Å². The van der Waals surface area contributed by atoms with Gasteiger partial charge < -0.3 is 0 Å². The molecule has 3 fully saturated rings. The molecule has 3 rings (SSSR count). The molecule has 0 aromatic rings. The van der Waals surface area contributed by atoms with Gasteiger partial charge in [-0.15, -0.1) is 0 Å². The topological polar surface area (TPSA) is 0 Å². The monoisotopic (exact) mass is 276 g/mol. The van der Waals surface area contributed by atoms with Crippen LogP contribution in [0.25, 0.3) is 0 Å². The average Bonchev–Trinajstić information content (AvgIpc) is 2.51. The minimum atomic E-state index is 1.02. The van der Waals surface area contributed by atoms with Gasteiger partial charge in [-0.25, -0.2) is 0 Å². The van der Waals surface area contributed by atoms with E-state index in [-0.39, 0.29) is 0 Å². The first kappa shape index (κ1) is 14.9. The highest BCUT2D eigenvalue weighted by Crippen LogP contribution is 2.43. The third-order valence-electron chi connectivity index (χ3n) is 7.01. The second-order valence-electron chi connectivity index (χ2n) is 8.54. The summed E-state index contributed by atoms with van der Waals surface area (Å²) in [7, 11) is 0. The van der Waals surface area contributed by atoms with E-state index in [4.69, 9.17) is 0 Å². The predicted molar refractivity (Wildman–Crippen MR) is 87.8 cm³/mol. The smallest absolute Gasteiger partial charge is 0.0386 e. The maximum Gasteiger partial charge on any atom is -0.0386 e. The first-order valence-corrected chi connectivity index (χ1v) is 9.81. The van der Waals surface area contributed by atoms with Crippen molar-refractivity contribution in [2.45, 2.75) is 96.8 Å². The zero-order valence-corrected chi connectivity index (χ0v) is 13.8. The molecule has 0 aromatic heterocycles. The third kappa shape index (κ3) is 4.01. The van der Waals surface area contributed by atoms with E-state index in [2.05, 4.69) is 6.92 Å². The van der Waals surface area contributed by atoms with Crippen molar-refractivity contribution in [1.82, 2.24) is 0 Å². The van der Waals surface area contributed by atoms with Gasteiger partial charge >= 0.3 is 0 Å². The largest absolute Gasteiger partial charge is 0.0625 e. The summed E-state index contributed by atoms with van der Waals surface area (Å²) in [6, 6.07) is 0. The van der Waals surface area contributed by atoms with Gasteiger partial charge in [0.1, 0.15) is 0 Å². The molecular weight excluding hydrogens is 240 g/mol. The van der Waals surface area contributed by atoms with Crippen LogP contribution in [0.3, 0.4) is 0 Å². The van der Waals surface area contributed by atoms with Crippen molar-refractivity contribution >= 4 is 0 Å². The molecule has 0 amide bonds. The molecule has 0 atom stereocenters. The molecule has 3 aliphatic rings. The highest BCUT2D eigenvalue weighted by molar-refractivity contribution is 4.82. The second kappa shape index (κ2) is 7.32. The Morgan fingerprint density at radius 3 is 1.65 bits per heavy atom. The first-order valence-electron chi connectivity index (χ1n) is 9.81. The van der Waals surface area contributed by atoms with Gasteiger partial charge in [-0.2, -0.15) is 0 Å². The Hall–Kier alpha value is 0. The molecule has 0 heteroatoms. The van der Waals surface area contributed by atoms with Gasteiger partial charge in [0.2, 0.25) is 0 Å². The molecule has 0 unspecified atom stereocenters. The Balaban J connectivity index is 1.37. The Labute approximate surface area is 127 Å². The molecule has 0 aliphatic heterocycles. The van der Waals surface area contributed by atoms with Gasteiger partial charge in [0.05, 0.1) is 0 Å². The van der Waals surface area contributed by atoms with E-state index in [0.29, 0.717) is 0 Å². The molecule has 0 N–H and O–H groups in total. The van der Waals surface area contributed by atoms with Gasteiger partial charge in [0, 0.05) is 0 Å². The van der Waals surface area contributed by atoms with E-state index in [1.54, 1.807) is 57.8 Å². The maximum atomic E-state index is 2.45. The molecule has 0 aromatic carbocycles. The van der Waals surface area contributed by atoms with Crippen LogP contribution in [0.5, 0.6) is 0 Å². The highest BCUT2D eigenvalue weighted by Gasteiger charge is 2.30. The van der Waals surface area contributed by atoms with Crippen molar-refractivity contribution in [3.63, 3.8) is 0 Å². The fraction of sp³-hybridized carbons (Fsp3) is 1.00. The van der Waals surface area contributed by atoms with Crippen molar-refractivity contribution in [1.29, 1.82) is 0 Å². The molecular formula is C20H36. The lowest BCUT2D eigenvalue weighted by Crippen LogP contribution is -2.25. The fourth-order valence-electron chi connectivity index (χ4n) is 5.54. The van der Waals surface area contributed by atoms with Crippen LogP contribution in [0.4, 0.5) is 0 Å². The van der Waals surface area contributed by atoms with Gasteiger partial charge in [-0.3, -0.25) is 0 Å². The van der Waals surface area contributed by atoms with Crippen molar-refractivity contribution in [2.75, 3.05) is 0 Å². The van der Waals surface area contributed by atoms with Crippen LogP contribution >= 0.6 is 0 Å². The van der Waals surface area contributed by atoms with Crippen molar-refractivity contribution in [3.8, 4) is 0 Å². The summed E-state index contributed by atoms with van der Waals surface area (Å²) in [5, 5.41) is 0. The van der Waals surface area contributed by atoms with Crippen molar-refractivity contribution in [2.24, 2.45) is 29.6 Å². The molecule has 0 saturated heterocycles. The summed E-state index contributed by atoms with van der Waals surface area (Å²) in [4.78, 5) is 0. The van der Waals surface area contributed by atoms with Crippen LogP contribution in [0, 0.1) is 29.6 Å². The summed E-state index contributed by atoms with van der Waals surface area (Å²) >= 11 is 0. The SMILES string of the molecule is CC1CCC(CC2CCC(C3CCCCC3)CC2)CC1. The Morgan fingerprint density at radius 1 is 0.550 bits per heavy atom. The van der Waals surface area contributed by atoms with Crippen LogP contribution in [-0.4, -0.2) is 0 Å². The second-order valence-corrected chi connectivity index (χ2v) is 8.54. The zero-order valence-electron chi connectivity index (χ0n) is 13.8. The van der Waals surface area contributed by atoms with E-state index < -0.39 is 0 Å². The Bertz CT molecular complexity index is 260. The fourth-order valence-corrected chi connectivity index (χ4v) is 5.54. The lowest BCUT2D eigenvalue weighted by molar-refractivity contribution is 0.144. The molecule has 20 heavy (non-hydrogen) atoms. The first-order chi connectivity index (χ1) is 9.81. The highest BCUT2D eigenvalue weighted by atomic mass is 14.4. The maximum absolute atomic E-state index is 2.45. The Kier molecular flexibility index (Phi) is 5.46. The van der Waals surface area contributed by atoms with Crippen LogP contribution in [0.1, 0.15) is 96.8 Å². The van der Waals surface area contributed by atoms with Crippen molar-refractivity contribution in [3.05, 3.63) is 0 Å². The van der Waals surface area contributed by atoms with Crippen molar-refractivity contribution < 1.29 is 0 Å². The lowest BCUT2D eigenvalue weighted by Gasteiger charge is -2.37. The van der Waals surface area contributed by atoms with E-state index in [1.807, 2.05) is 0 Å². The van der Waals surface area contributed by atoms with Gasteiger partial charge in [0.25, 0.3) is 0 Å². The molecule has 0 radical (unpaired) electrons. The Morgan fingerprint density at radius 2 is 1.05 bits per heavy atom. The molecule has 3 aliphatic carbocycles. The van der Waals surface area contributed by atoms with E-state index in [9.17, 15) is 0 Å². The summed E-state index contributed by atoms with van der Waals surface area (Å²) in [5.41, 5.74) is 0. The predicted octanol–water partition coefficient (Wildman–Crippen LogP) is 6.59. The van der Waals surface area contributed by atoms with Gasteiger partial charge in [-0.05, 0) is 48.9 Å². The van der Waals surface area contributed by atoms with Crippen LogP contribution < -0.4 is 0 Å². The van der Waals surface area contributed by atoms with Crippen LogP contribution in [0.2, 0.25) is 0 Å². The minimum absolute atomic E-state index is 1.02. The van der Waals surface area contributed by atoms with E-state index in [0.717, 1.165) is 29.6 Å². The number of hydrogen-bond acceptors (Lipinski definition) is 0. The van der Waals surface area contributed by atoms with E-state index in [1.165, 1.54) is 32.1 Å². The molecule has 0 spiro atoms. The van der Waals surface area contributed by atoms with Gasteiger partial charge in [-0.1, -0.05) is 77.6 Å². The van der Waals surface area contributed by atoms with Crippen LogP contribution in [-0.2, 0) is 0 Å². The summed E-state index contributed by atoms with van der Waals surface area (Å²) in [6.45, 7) is 2.45. The number of rotatable bonds is 3. The molecule has 3 saturated carbocycles. The van der Waals surface area contributed by atoms with Crippen LogP contribution in [0.15, 0.2) is 0 Å². The quantitative estimate of drug-likeness (QED) is 0.545. The zero-order chi connectivity index (χ0) is 13.8. The summed E-state index contributed by atoms with van der Waals surface area (Å²) in [5.74, 6) is 5.47. The minimum Gasteiger partial charge on any atom is -0.0625 e. The molecule has 0 heterocycles.